The molecule has 0 aliphatic carbocycles. The molecule has 0 aliphatic rings. The summed E-state index contributed by atoms with van der Waals surface area (Å²) in [5.74, 6) is 0.677. The average Bonchev–Trinajstić information content (AvgIpc) is 2.65. The van der Waals surface area contributed by atoms with E-state index in [1.807, 2.05) is 0 Å². The summed E-state index contributed by atoms with van der Waals surface area (Å²) in [7, 11) is 1.55. The van der Waals surface area contributed by atoms with E-state index in [0.29, 0.717) is 18.8 Å². The molecule has 2 N–H and O–H groups in total. The number of aliphatic hydroxyl groups is 1. The molecule has 1 unspecified atom stereocenters. The Balaban J connectivity index is 2.54. The van der Waals surface area contributed by atoms with Gasteiger partial charge in [-0.2, -0.15) is 0 Å². The first-order valence-corrected chi connectivity index (χ1v) is 5.14. The van der Waals surface area contributed by atoms with Crippen LogP contribution in [0.4, 0.5) is 0 Å². The van der Waals surface area contributed by atoms with E-state index in [2.05, 4.69) is 5.32 Å². The van der Waals surface area contributed by atoms with Crippen molar-refractivity contribution in [3.05, 3.63) is 23.7 Å². The summed E-state index contributed by atoms with van der Waals surface area (Å²) >= 11 is 0. The number of nitrogens with one attached hydrogen (secondary N) is 1. The lowest BCUT2D eigenvalue weighted by Gasteiger charge is -2.15. The van der Waals surface area contributed by atoms with Crippen LogP contribution in [-0.2, 0) is 4.74 Å². The van der Waals surface area contributed by atoms with Crippen molar-refractivity contribution in [2.24, 2.45) is 0 Å². The molecule has 0 saturated heterocycles. The first kappa shape index (κ1) is 12.7. The van der Waals surface area contributed by atoms with E-state index in [9.17, 15) is 4.79 Å². The Bertz CT molecular complexity index is 328. The lowest BCUT2D eigenvalue weighted by Crippen LogP contribution is -2.38. The second-order valence-corrected chi connectivity index (χ2v) is 3.55. The highest BCUT2D eigenvalue weighted by Crippen LogP contribution is 2.06. The normalized spacial score (nSPS) is 12.4. The Kier molecular flexibility index (Phi) is 5.01. The van der Waals surface area contributed by atoms with Gasteiger partial charge in [0.15, 0.2) is 5.76 Å². The smallest absolute Gasteiger partial charge is 0.287 e. The minimum atomic E-state index is -0.288. The summed E-state index contributed by atoms with van der Waals surface area (Å²) in [5, 5.41) is 11.6. The molecule has 1 aromatic heterocycles. The Morgan fingerprint density at radius 2 is 2.38 bits per heavy atom. The molecule has 1 amide bonds. The maximum absolute atomic E-state index is 11.7. The van der Waals surface area contributed by atoms with Gasteiger partial charge in [-0.25, -0.2) is 0 Å². The van der Waals surface area contributed by atoms with Gasteiger partial charge in [0.25, 0.3) is 5.91 Å². The molecule has 0 fully saturated rings. The van der Waals surface area contributed by atoms with Gasteiger partial charge in [0.2, 0.25) is 0 Å². The SMILES string of the molecule is COCC(CCO)NC(=O)c1ccc(C)o1. The Morgan fingerprint density at radius 1 is 1.62 bits per heavy atom. The molecule has 16 heavy (non-hydrogen) atoms. The molecule has 1 heterocycles. The van der Waals surface area contributed by atoms with Crippen LogP contribution in [0.5, 0.6) is 0 Å². The van der Waals surface area contributed by atoms with Crippen LogP contribution in [0, 0.1) is 6.92 Å². The number of aryl methyl sites for hydroxylation is 1. The average molecular weight is 227 g/mol. The van der Waals surface area contributed by atoms with Gasteiger partial charge >= 0.3 is 0 Å². The molecule has 1 rings (SSSR count). The molecule has 0 radical (unpaired) electrons. The molecule has 1 aromatic rings. The lowest BCUT2D eigenvalue weighted by atomic mass is 10.2. The van der Waals surface area contributed by atoms with Crippen LogP contribution < -0.4 is 5.32 Å². The topological polar surface area (TPSA) is 71.7 Å². The molecule has 0 aliphatic heterocycles. The molecule has 0 saturated carbocycles. The van der Waals surface area contributed by atoms with Gasteiger partial charge in [0, 0.05) is 13.7 Å². The van der Waals surface area contributed by atoms with E-state index in [4.69, 9.17) is 14.3 Å². The van der Waals surface area contributed by atoms with Crippen molar-refractivity contribution in [3.63, 3.8) is 0 Å². The van der Waals surface area contributed by atoms with Gasteiger partial charge in [0.05, 0.1) is 12.6 Å². The molecular weight excluding hydrogens is 210 g/mol. The fourth-order valence-corrected chi connectivity index (χ4v) is 1.37. The second kappa shape index (κ2) is 6.30. The fraction of sp³-hybridized carbons (Fsp3) is 0.545. The zero-order valence-corrected chi connectivity index (χ0v) is 9.53. The van der Waals surface area contributed by atoms with Crippen molar-refractivity contribution in [2.75, 3.05) is 20.3 Å². The van der Waals surface area contributed by atoms with E-state index in [1.54, 1.807) is 26.2 Å². The largest absolute Gasteiger partial charge is 0.456 e. The van der Waals surface area contributed by atoms with Crippen LogP contribution >= 0.6 is 0 Å². The van der Waals surface area contributed by atoms with Crippen LogP contribution in [-0.4, -0.2) is 37.4 Å². The number of hydrogen-bond acceptors (Lipinski definition) is 4. The van der Waals surface area contributed by atoms with Crippen molar-refractivity contribution >= 4 is 5.91 Å². The number of furan rings is 1. The lowest BCUT2D eigenvalue weighted by molar-refractivity contribution is 0.0850. The Labute approximate surface area is 94.4 Å². The summed E-state index contributed by atoms with van der Waals surface area (Å²) in [4.78, 5) is 11.7. The summed E-state index contributed by atoms with van der Waals surface area (Å²) in [6.07, 6.45) is 0.458. The van der Waals surface area contributed by atoms with Crippen molar-refractivity contribution in [1.29, 1.82) is 0 Å². The van der Waals surface area contributed by atoms with Crippen molar-refractivity contribution in [1.82, 2.24) is 5.32 Å². The molecule has 90 valence electrons. The van der Waals surface area contributed by atoms with Crippen LogP contribution in [0.3, 0.4) is 0 Å². The summed E-state index contributed by atoms with van der Waals surface area (Å²) in [6.45, 7) is 2.15. The number of aliphatic hydroxyl groups excluding tert-OH is 1. The van der Waals surface area contributed by atoms with E-state index < -0.39 is 0 Å². The maximum atomic E-state index is 11.7. The Morgan fingerprint density at radius 3 is 2.88 bits per heavy atom. The van der Waals surface area contributed by atoms with Gasteiger partial charge in [0.1, 0.15) is 5.76 Å². The standard InChI is InChI=1S/C11H17NO4/c1-8-3-4-10(16-8)11(14)12-9(5-6-13)7-15-2/h3-4,9,13H,5-7H2,1-2H3,(H,12,14). The third-order valence-corrected chi connectivity index (χ3v) is 2.14. The highest BCUT2D eigenvalue weighted by molar-refractivity contribution is 5.91. The number of hydrogen-bond donors (Lipinski definition) is 2. The van der Waals surface area contributed by atoms with Crippen molar-refractivity contribution < 1.29 is 19.1 Å². The number of carbonyl (C=O) groups is 1. The number of methoxy groups -OCH3 is 1. The minimum Gasteiger partial charge on any atom is -0.456 e. The monoisotopic (exact) mass is 227 g/mol. The van der Waals surface area contributed by atoms with Gasteiger partial charge in [-0.3, -0.25) is 4.79 Å². The van der Waals surface area contributed by atoms with E-state index in [0.717, 1.165) is 0 Å². The quantitative estimate of drug-likeness (QED) is 0.751. The number of carbonyl (C=O) groups excluding carboxylic acids is 1. The van der Waals surface area contributed by atoms with Crippen molar-refractivity contribution in [3.8, 4) is 0 Å². The molecular formula is C11H17NO4. The zero-order chi connectivity index (χ0) is 12.0. The van der Waals surface area contributed by atoms with E-state index in [-0.39, 0.29) is 24.3 Å². The highest BCUT2D eigenvalue weighted by Gasteiger charge is 2.15. The van der Waals surface area contributed by atoms with Gasteiger partial charge in [-0.15, -0.1) is 0 Å². The summed E-state index contributed by atoms with van der Waals surface area (Å²) < 4.78 is 10.1. The number of amides is 1. The van der Waals surface area contributed by atoms with Crippen LogP contribution in [0.2, 0.25) is 0 Å². The Hall–Kier alpha value is -1.33. The van der Waals surface area contributed by atoms with Gasteiger partial charge in [-0.1, -0.05) is 0 Å². The van der Waals surface area contributed by atoms with E-state index in [1.165, 1.54) is 0 Å². The molecule has 0 bridgehead atoms. The van der Waals surface area contributed by atoms with Crippen LogP contribution in [0.25, 0.3) is 0 Å². The number of ether oxygens (including phenoxy) is 1. The highest BCUT2D eigenvalue weighted by atomic mass is 16.5. The second-order valence-electron chi connectivity index (χ2n) is 3.55. The molecule has 0 aromatic carbocycles. The van der Waals surface area contributed by atoms with Gasteiger partial charge in [-0.05, 0) is 25.5 Å². The molecule has 1 atom stereocenters. The van der Waals surface area contributed by atoms with Crippen molar-refractivity contribution in [2.45, 2.75) is 19.4 Å². The first-order chi connectivity index (χ1) is 7.67. The molecule has 5 heteroatoms. The minimum absolute atomic E-state index is 0.00545. The fourth-order valence-electron chi connectivity index (χ4n) is 1.37. The third-order valence-electron chi connectivity index (χ3n) is 2.14. The summed E-state index contributed by atoms with van der Waals surface area (Å²) in [6, 6.07) is 3.15. The van der Waals surface area contributed by atoms with E-state index >= 15 is 0 Å². The summed E-state index contributed by atoms with van der Waals surface area (Å²) in [5.41, 5.74) is 0. The third kappa shape index (κ3) is 3.67. The maximum Gasteiger partial charge on any atom is 0.287 e. The number of rotatable bonds is 6. The zero-order valence-electron chi connectivity index (χ0n) is 9.53. The predicted molar refractivity (Wildman–Crippen MR) is 58.3 cm³/mol. The predicted octanol–water partition coefficient (Wildman–Crippen LogP) is 0.715. The molecule has 0 spiro atoms. The van der Waals surface area contributed by atoms with Crippen LogP contribution in [0.1, 0.15) is 22.7 Å². The van der Waals surface area contributed by atoms with Gasteiger partial charge < -0.3 is 19.6 Å². The van der Waals surface area contributed by atoms with Crippen LogP contribution in [0.15, 0.2) is 16.5 Å². The first-order valence-electron chi connectivity index (χ1n) is 5.14. The molecule has 5 nitrogen and oxygen atoms in total.